The van der Waals surface area contributed by atoms with Crippen LogP contribution in [0.4, 0.5) is 17.1 Å². The van der Waals surface area contributed by atoms with E-state index < -0.39 is 46.2 Å². The first-order chi connectivity index (χ1) is 42.8. The second kappa shape index (κ2) is 29.7. The molecule has 0 aliphatic carbocycles. The van der Waals surface area contributed by atoms with Gasteiger partial charge in [0.25, 0.3) is 23.2 Å². The van der Waals surface area contributed by atoms with E-state index in [1.807, 2.05) is 96.9 Å². The summed E-state index contributed by atoms with van der Waals surface area (Å²) >= 11 is 0. The minimum Gasteiger partial charge on any atom is -0.480 e. The quantitative estimate of drug-likeness (QED) is 0.0398. The van der Waals surface area contributed by atoms with Crippen molar-refractivity contribution in [1.29, 1.82) is 0 Å². The minimum absolute atomic E-state index is 0.00359. The number of carboxylic acid groups (broad SMARTS) is 2. The number of amides is 2. The number of nitro groups is 2. The summed E-state index contributed by atoms with van der Waals surface area (Å²) in [7, 11) is 3.65. The first-order valence-corrected chi connectivity index (χ1v) is 29.9. The number of para-hydroxylation sites is 1. The number of nitrogens with two attached hydrogens (primary N) is 1. The highest BCUT2D eigenvalue weighted by atomic mass is 16.6. The molecule has 6 aliphatic rings. The molecule has 0 saturated carbocycles. The first-order valence-electron chi connectivity index (χ1n) is 29.9. The van der Waals surface area contributed by atoms with E-state index >= 15 is 0 Å². The molecule has 8 atom stereocenters. The van der Waals surface area contributed by atoms with Gasteiger partial charge in [-0.2, -0.15) is 0 Å². The van der Waals surface area contributed by atoms with Gasteiger partial charge in [0.2, 0.25) is 0 Å². The predicted molar refractivity (Wildman–Crippen MR) is 328 cm³/mol. The molecule has 0 radical (unpaired) electrons. The SMILES string of the molecule is CN(C(=O)C1CCc2cc(N)ccc2O1)C(CN1CC[C@H](O)C1)c1ccccc1.CN(C(=O)C1CCc2cc([N+](=O)[O-])ccc2O1)C(CN1CC[C@H](O)C1)c1ccccc1.O=C(O)C1CCc2cc([N+](=O)[O-])ccc2O1.O=C(O)C1CCc2ccccc2O1. The number of fused-ring (bicyclic) bond motifs is 4. The highest BCUT2D eigenvalue weighted by Crippen LogP contribution is 2.36. The smallest absolute Gasteiger partial charge is 0.344 e. The van der Waals surface area contributed by atoms with E-state index in [2.05, 4.69) is 21.9 Å². The Morgan fingerprint density at radius 1 is 0.506 bits per heavy atom. The summed E-state index contributed by atoms with van der Waals surface area (Å²) in [5.41, 5.74) is 12.3. The number of likely N-dealkylation sites (tertiary alicyclic amines) is 2. The Labute approximate surface area is 515 Å². The number of carbonyl (C=O) groups is 4. The Balaban J connectivity index is 0.000000149. The number of aliphatic hydroxyl groups is 2. The lowest BCUT2D eigenvalue weighted by molar-refractivity contribution is -0.385. The van der Waals surface area contributed by atoms with E-state index in [1.165, 1.54) is 30.3 Å². The third-order valence-electron chi connectivity index (χ3n) is 16.8. The van der Waals surface area contributed by atoms with Crippen molar-refractivity contribution in [3.05, 3.63) is 193 Å². The number of rotatable bonds is 14. The van der Waals surface area contributed by atoms with Crippen LogP contribution in [0.2, 0.25) is 0 Å². The molecule has 2 saturated heterocycles. The zero-order valence-corrected chi connectivity index (χ0v) is 49.7. The van der Waals surface area contributed by atoms with Gasteiger partial charge in [-0.3, -0.25) is 39.6 Å². The highest BCUT2D eigenvalue weighted by molar-refractivity contribution is 5.83. The number of anilines is 1. The summed E-state index contributed by atoms with van der Waals surface area (Å²) < 4.78 is 22.5. The molecule has 0 bridgehead atoms. The Bertz CT molecular complexity index is 3470. The topological polar surface area (TPSA) is 311 Å². The van der Waals surface area contributed by atoms with E-state index in [0.29, 0.717) is 93.2 Å². The van der Waals surface area contributed by atoms with Gasteiger partial charge in [0, 0.05) is 94.4 Å². The van der Waals surface area contributed by atoms with E-state index in [4.69, 9.17) is 34.9 Å². The van der Waals surface area contributed by atoms with Crippen LogP contribution in [-0.2, 0) is 44.9 Å². The number of carbonyl (C=O) groups excluding carboxylic acids is 2. The summed E-state index contributed by atoms with van der Waals surface area (Å²) in [5, 5.41) is 58.8. The standard InChI is InChI=1S/C23H27N3O5.C23H29N3O3.C10H9NO5.C10H10O3/c1-24(20(16-5-3-2-4-6-16)15-25-12-11-19(27)14-25)23(28)22-9-7-17-13-18(26(29)30)8-10-21(17)31-22;1-25(23(28)22-9-7-17-13-18(24)8-10-21(17)29-22)20(16-5-3-2-4-6-16)15-26-12-11-19(27)14-26;12-10(13)9-3-1-6-5-7(11(14)15)2-4-8(6)16-9;11-10(12)9-6-5-7-3-1-2-4-8(7)13-9/h2-6,8,10,13,19-20,22,27H,7,9,11-12,14-15H2,1H3;2-6,8,10,13,19-20,22,27H,7,9,11-12,14-15,24H2,1H3;2,4-5,9H,1,3H2,(H,12,13);1-4,9H,5-6H2,(H,11,12)/t2*19-,20?,22?;;/m00../s1. The number of nitrogens with zero attached hydrogens (tertiary/aromatic N) is 6. The number of nitrogen functional groups attached to an aromatic ring is 1. The molecule has 6 unspecified atom stereocenters. The minimum atomic E-state index is -1.01. The molecule has 470 valence electrons. The Hall–Kier alpha value is -9.16. The summed E-state index contributed by atoms with van der Waals surface area (Å²) in [6.45, 7) is 4.25. The van der Waals surface area contributed by atoms with Gasteiger partial charge < -0.3 is 54.9 Å². The molecule has 0 aromatic heterocycles. The number of carboxylic acids is 2. The average molecular weight is 1220 g/mol. The number of nitro benzene ring substituents is 2. The van der Waals surface area contributed by atoms with Crippen LogP contribution in [-0.4, -0.2) is 164 Å². The number of ether oxygens (including phenoxy) is 4. The van der Waals surface area contributed by atoms with Gasteiger partial charge in [0.05, 0.1) is 34.1 Å². The number of likely N-dealkylation sites (N-methyl/N-ethyl adjacent to an activating group) is 2. The lowest BCUT2D eigenvalue weighted by Crippen LogP contribution is -2.46. The fraction of sp³-hybridized carbons (Fsp3) is 0.394. The fourth-order valence-corrected chi connectivity index (χ4v) is 11.9. The van der Waals surface area contributed by atoms with Gasteiger partial charge in [-0.05, 0) is 123 Å². The summed E-state index contributed by atoms with van der Waals surface area (Å²) in [4.78, 5) is 76.6. The van der Waals surface area contributed by atoms with Gasteiger partial charge in [-0.25, -0.2) is 9.59 Å². The second-order valence-electron chi connectivity index (χ2n) is 23.0. The summed E-state index contributed by atoms with van der Waals surface area (Å²) in [6, 6.07) is 41.5. The molecule has 0 spiro atoms. The largest absolute Gasteiger partial charge is 0.480 e. The molecule has 23 nitrogen and oxygen atoms in total. The van der Waals surface area contributed by atoms with Crippen molar-refractivity contribution in [1.82, 2.24) is 19.6 Å². The van der Waals surface area contributed by atoms with Gasteiger partial charge >= 0.3 is 11.9 Å². The normalized spacial score (nSPS) is 21.2. The molecule has 6 aliphatic heterocycles. The number of benzene rings is 6. The van der Waals surface area contributed by atoms with Gasteiger partial charge in [0.1, 0.15) is 23.0 Å². The van der Waals surface area contributed by atoms with Crippen molar-refractivity contribution in [2.24, 2.45) is 0 Å². The number of β-amino-alcohol motifs (C(OH)–C–C–N with tert-alkyl or cyclic N) is 2. The van der Waals surface area contributed by atoms with Crippen molar-refractivity contribution in [3.8, 4) is 23.0 Å². The maximum absolute atomic E-state index is 13.4. The summed E-state index contributed by atoms with van der Waals surface area (Å²) in [5.74, 6) is 0.390. The van der Waals surface area contributed by atoms with Crippen LogP contribution in [0.1, 0.15) is 84.0 Å². The molecular weight excluding hydrogens is 1150 g/mol. The fourth-order valence-electron chi connectivity index (χ4n) is 11.9. The van der Waals surface area contributed by atoms with Crippen LogP contribution in [0.3, 0.4) is 0 Å². The number of non-ortho nitro benzene ring substituents is 2. The molecule has 2 amide bonds. The third-order valence-corrected chi connectivity index (χ3v) is 16.8. The van der Waals surface area contributed by atoms with E-state index in [9.17, 15) is 49.6 Å². The van der Waals surface area contributed by atoms with Crippen molar-refractivity contribution in [3.63, 3.8) is 0 Å². The highest BCUT2D eigenvalue weighted by Gasteiger charge is 2.37. The molecule has 6 N–H and O–H groups in total. The van der Waals surface area contributed by atoms with Crippen LogP contribution in [0, 0.1) is 20.2 Å². The van der Waals surface area contributed by atoms with Gasteiger partial charge in [-0.15, -0.1) is 0 Å². The molecule has 23 heteroatoms. The number of aliphatic hydroxyl groups excluding tert-OH is 2. The second-order valence-corrected chi connectivity index (χ2v) is 23.0. The maximum Gasteiger partial charge on any atom is 0.344 e. The number of aliphatic carboxylic acids is 2. The predicted octanol–water partition coefficient (Wildman–Crippen LogP) is 7.62. The maximum atomic E-state index is 13.4. The average Bonchev–Trinajstić information content (AvgIpc) is 3.63. The first kappa shape index (κ1) is 64.3. The molecule has 6 aromatic rings. The third kappa shape index (κ3) is 16.7. The van der Waals surface area contributed by atoms with Crippen molar-refractivity contribution in [2.45, 2.75) is 113 Å². The van der Waals surface area contributed by atoms with Gasteiger partial charge in [0.15, 0.2) is 24.4 Å². The van der Waals surface area contributed by atoms with E-state index in [1.54, 1.807) is 24.1 Å². The zero-order valence-electron chi connectivity index (χ0n) is 49.7. The van der Waals surface area contributed by atoms with E-state index in [0.717, 1.165) is 72.3 Å². The molecule has 6 heterocycles. The zero-order chi connectivity index (χ0) is 63.3. The molecular formula is C66H75N7O16. The van der Waals surface area contributed by atoms with Crippen LogP contribution in [0.5, 0.6) is 23.0 Å². The molecule has 89 heavy (non-hydrogen) atoms. The van der Waals surface area contributed by atoms with Crippen LogP contribution in [0.25, 0.3) is 0 Å². The monoisotopic (exact) mass is 1220 g/mol. The molecule has 6 aromatic carbocycles. The van der Waals surface area contributed by atoms with E-state index in [-0.39, 0.29) is 47.5 Å². The van der Waals surface area contributed by atoms with Crippen molar-refractivity contribution >= 4 is 40.8 Å². The lowest BCUT2D eigenvalue weighted by Gasteiger charge is -2.35. The van der Waals surface area contributed by atoms with Gasteiger partial charge in [-0.1, -0.05) is 78.9 Å². The number of hydrogen-bond donors (Lipinski definition) is 5. The van der Waals surface area contributed by atoms with Crippen molar-refractivity contribution < 1.29 is 68.4 Å². The number of hydrogen-bond acceptors (Lipinski definition) is 17. The van der Waals surface area contributed by atoms with Crippen LogP contribution < -0.4 is 24.7 Å². The molecule has 2 fully saturated rings. The molecule has 12 rings (SSSR count). The Kier molecular flexibility index (Phi) is 21.5. The van der Waals surface area contributed by atoms with Crippen LogP contribution in [0.15, 0.2) is 140 Å². The number of aryl methyl sites for hydroxylation is 4. The lowest BCUT2D eigenvalue weighted by atomic mass is 9.99. The van der Waals surface area contributed by atoms with Crippen molar-refractivity contribution in [2.75, 3.05) is 59.1 Å². The Morgan fingerprint density at radius 3 is 1.27 bits per heavy atom. The Morgan fingerprint density at radius 2 is 0.865 bits per heavy atom. The summed E-state index contributed by atoms with van der Waals surface area (Å²) in [6.07, 6.45) is 2.89. The van der Waals surface area contributed by atoms with Crippen LogP contribution >= 0.6 is 0 Å².